The van der Waals surface area contributed by atoms with Gasteiger partial charge in [-0.25, -0.2) is 4.79 Å². The molecule has 0 aliphatic carbocycles. The van der Waals surface area contributed by atoms with Crippen molar-refractivity contribution in [1.29, 1.82) is 0 Å². The Morgan fingerprint density at radius 1 is 1.29 bits per heavy atom. The van der Waals surface area contributed by atoms with Gasteiger partial charge >= 0.3 is 6.03 Å². The lowest BCUT2D eigenvalue weighted by molar-refractivity contribution is -0.139. The minimum atomic E-state index is -1.13. The zero-order valence-corrected chi connectivity index (χ0v) is 13.9. The van der Waals surface area contributed by atoms with Crippen molar-refractivity contribution in [3.8, 4) is 5.75 Å². The third-order valence-electron chi connectivity index (χ3n) is 4.67. The molecule has 2 aliphatic rings. The third kappa shape index (κ3) is 2.40. The fraction of sp³-hybridized carbons (Fsp3) is 0.471. The SMILES string of the molecule is CCN(CC)C(=O)CN1C(=O)N[C@]2(CCOc3ccccc32)C1=O. The highest BCUT2D eigenvalue weighted by Crippen LogP contribution is 2.40. The van der Waals surface area contributed by atoms with Crippen LogP contribution in [0.25, 0.3) is 0 Å². The molecule has 0 saturated carbocycles. The van der Waals surface area contributed by atoms with E-state index in [9.17, 15) is 14.4 Å². The van der Waals surface area contributed by atoms with Crippen molar-refractivity contribution in [2.24, 2.45) is 0 Å². The highest BCUT2D eigenvalue weighted by Gasteiger charge is 2.55. The van der Waals surface area contributed by atoms with Gasteiger partial charge in [-0.3, -0.25) is 14.5 Å². The van der Waals surface area contributed by atoms with Gasteiger partial charge in [0.05, 0.1) is 6.61 Å². The number of hydrogen-bond acceptors (Lipinski definition) is 4. The Balaban J connectivity index is 1.89. The largest absolute Gasteiger partial charge is 0.493 e. The maximum absolute atomic E-state index is 13.0. The molecule has 1 N–H and O–H groups in total. The van der Waals surface area contributed by atoms with Crippen molar-refractivity contribution < 1.29 is 19.1 Å². The number of imide groups is 1. The molecule has 0 radical (unpaired) electrons. The van der Waals surface area contributed by atoms with Gasteiger partial charge in [-0.2, -0.15) is 0 Å². The van der Waals surface area contributed by atoms with Gasteiger partial charge in [-0.1, -0.05) is 18.2 Å². The summed E-state index contributed by atoms with van der Waals surface area (Å²) in [4.78, 5) is 40.3. The van der Waals surface area contributed by atoms with Gasteiger partial charge < -0.3 is 15.0 Å². The minimum Gasteiger partial charge on any atom is -0.493 e. The monoisotopic (exact) mass is 331 g/mol. The van der Waals surface area contributed by atoms with E-state index in [1.165, 1.54) is 0 Å². The number of benzene rings is 1. The topological polar surface area (TPSA) is 79.0 Å². The molecule has 1 atom stereocenters. The fourth-order valence-electron chi connectivity index (χ4n) is 3.33. The van der Waals surface area contributed by atoms with Crippen molar-refractivity contribution in [2.75, 3.05) is 26.2 Å². The number of para-hydroxylation sites is 1. The molecule has 0 bridgehead atoms. The maximum Gasteiger partial charge on any atom is 0.325 e. The molecule has 1 saturated heterocycles. The second-order valence-electron chi connectivity index (χ2n) is 5.89. The highest BCUT2D eigenvalue weighted by atomic mass is 16.5. The van der Waals surface area contributed by atoms with Crippen molar-refractivity contribution in [3.05, 3.63) is 29.8 Å². The van der Waals surface area contributed by atoms with Crippen LogP contribution in [0.5, 0.6) is 5.75 Å². The van der Waals surface area contributed by atoms with E-state index in [1.54, 1.807) is 23.1 Å². The summed E-state index contributed by atoms with van der Waals surface area (Å²) in [6.07, 6.45) is 0.352. The smallest absolute Gasteiger partial charge is 0.325 e. The molecule has 1 fully saturated rings. The van der Waals surface area contributed by atoms with Crippen molar-refractivity contribution >= 4 is 17.8 Å². The zero-order chi connectivity index (χ0) is 17.3. The molecule has 0 unspecified atom stereocenters. The lowest BCUT2D eigenvalue weighted by atomic mass is 9.84. The fourth-order valence-corrected chi connectivity index (χ4v) is 3.33. The number of rotatable bonds is 4. The molecule has 128 valence electrons. The molecule has 2 heterocycles. The summed E-state index contributed by atoms with van der Waals surface area (Å²) in [5.74, 6) is -0.0287. The number of fused-ring (bicyclic) bond motifs is 2. The molecule has 7 heteroatoms. The normalized spacial score (nSPS) is 22.2. The van der Waals surface area contributed by atoms with Gasteiger partial charge in [0.1, 0.15) is 12.3 Å². The van der Waals surface area contributed by atoms with E-state index in [2.05, 4.69) is 5.32 Å². The molecule has 4 amide bonds. The number of carbonyl (C=O) groups is 3. The first kappa shape index (κ1) is 16.3. The molecule has 0 aromatic heterocycles. The summed E-state index contributed by atoms with van der Waals surface area (Å²) < 4.78 is 5.59. The van der Waals surface area contributed by atoms with Crippen LogP contribution in [0.1, 0.15) is 25.8 Å². The number of carbonyl (C=O) groups excluding carboxylic acids is 3. The summed E-state index contributed by atoms with van der Waals surface area (Å²) in [5.41, 5.74) is -0.484. The molecule has 3 rings (SSSR count). The minimum absolute atomic E-state index is 0.235. The number of nitrogens with zero attached hydrogens (tertiary/aromatic N) is 2. The average molecular weight is 331 g/mol. The van der Waals surface area contributed by atoms with Crippen LogP contribution in [0, 0.1) is 0 Å². The quantitative estimate of drug-likeness (QED) is 0.838. The summed E-state index contributed by atoms with van der Waals surface area (Å²) in [7, 11) is 0. The van der Waals surface area contributed by atoms with Crippen molar-refractivity contribution in [3.63, 3.8) is 0 Å². The van der Waals surface area contributed by atoms with Crippen LogP contribution in [0.4, 0.5) is 4.79 Å². The van der Waals surface area contributed by atoms with Crippen LogP contribution < -0.4 is 10.1 Å². The number of urea groups is 1. The second-order valence-corrected chi connectivity index (χ2v) is 5.89. The van der Waals surface area contributed by atoms with Gasteiger partial charge in [0.2, 0.25) is 5.91 Å². The van der Waals surface area contributed by atoms with Crippen LogP contribution in [0.15, 0.2) is 24.3 Å². The van der Waals surface area contributed by atoms with Gasteiger partial charge in [0.25, 0.3) is 5.91 Å². The first-order chi connectivity index (χ1) is 11.5. The number of amides is 4. The molecule has 2 aliphatic heterocycles. The summed E-state index contributed by atoms with van der Waals surface area (Å²) in [5, 5.41) is 2.79. The van der Waals surface area contributed by atoms with Gasteiger partial charge in [-0.05, 0) is 19.9 Å². The second kappa shape index (κ2) is 6.14. The summed E-state index contributed by atoms with van der Waals surface area (Å²) >= 11 is 0. The van der Waals surface area contributed by atoms with Gasteiger partial charge in [0, 0.05) is 25.1 Å². The standard InChI is InChI=1S/C17H21N3O4/c1-3-19(4-2)14(21)11-20-15(22)17(18-16(20)23)9-10-24-13-8-6-5-7-12(13)17/h5-8H,3-4,9-11H2,1-2H3,(H,18,23)/t17-/m0/s1. The summed E-state index contributed by atoms with van der Waals surface area (Å²) in [6.45, 7) is 4.91. The molecule has 1 aromatic rings. The van der Waals surface area contributed by atoms with Crippen molar-refractivity contribution in [1.82, 2.24) is 15.1 Å². The number of ether oxygens (including phenoxy) is 1. The number of hydrogen-bond donors (Lipinski definition) is 1. The molecular weight excluding hydrogens is 310 g/mol. The first-order valence-electron chi connectivity index (χ1n) is 8.17. The van der Waals surface area contributed by atoms with Crippen LogP contribution in [0.2, 0.25) is 0 Å². The van der Waals surface area contributed by atoms with E-state index in [4.69, 9.17) is 4.74 Å². The van der Waals surface area contributed by atoms with Crippen LogP contribution >= 0.6 is 0 Å². The number of likely N-dealkylation sites (N-methyl/N-ethyl adjacent to an activating group) is 1. The lowest BCUT2D eigenvalue weighted by Gasteiger charge is -2.33. The van der Waals surface area contributed by atoms with Crippen LogP contribution in [-0.4, -0.2) is 53.9 Å². The predicted octanol–water partition coefficient (Wildman–Crippen LogP) is 1.08. The van der Waals surface area contributed by atoms with E-state index >= 15 is 0 Å². The Kier molecular flexibility index (Phi) is 4.17. The van der Waals surface area contributed by atoms with E-state index in [0.717, 1.165) is 4.90 Å². The molecular formula is C17H21N3O4. The number of nitrogens with one attached hydrogen (secondary N) is 1. The van der Waals surface area contributed by atoms with E-state index < -0.39 is 11.6 Å². The Morgan fingerprint density at radius 2 is 2.00 bits per heavy atom. The third-order valence-corrected chi connectivity index (χ3v) is 4.67. The van der Waals surface area contributed by atoms with Gasteiger partial charge in [0.15, 0.2) is 5.54 Å². The van der Waals surface area contributed by atoms with Gasteiger partial charge in [-0.15, -0.1) is 0 Å². The van der Waals surface area contributed by atoms with Crippen molar-refractivity contribution in [2.45, 2.75) is 25.8 Å². The molecule has 7 nitrogen and oxygen atoms in total. The Labute approximate surface area is 140 Å². The van der Waals surface area contributed by atoms with E-state index in [1.807, 2.05) is 19.9 Å². The predicted molar refractivity (Wildman–Crippen MR) is 86.4 cm³/mol. The highest BCUT2D eigenvalue weighted by molar-refractivity contribution is 6.09. The lowest BCUT2D eigenvalue weighted by Crippen LogP contribution is -2.48. The van der Waals surface area contributed by atoms with Crippen LogP contribution in [-0.2, 0) is 15.1 Å². The Morgan fingerprint density at radius 3 is 2.71 bits per heavy atom. The molecule has 1 spiro atoms. The van der Waals surface area contributed by atoms with Crippen LogP contribution in [0.3, 0.4) is 0 Å². The molecule has 1 aromatic carbocycles. The first-order valence-corrected chi connectivity index (χ1v) is 8.17. The summed E-state index contributed by atoms with van der Waals surface area (Å²) in [6, 6.07) is 6.65. The van der Waals surface area contributed by atoms with E-state index in [-0.39, 0.29) is 18.4 Å². The zero-order valence-electron chi connectivity index (χ0n) is 13.9. The average Bonchev–Trinajstić information content (AvgIpc) is 2.81. The molecule has 24 heavy (non-hydrogen) atoms. The maximum atomic E-state index is 13.0. The Bertz CT molecular complexity index is 686. The Hall–Kier alpha value is -2.57. The van der Waals surface area contributed by atoms with E-state index in [0.29, 0.717) is 37.4 Å².